The lowest BCUT2D eigenvalue weighted by molar-refractivity contribution is -0.118. The molecule has 20 heavy (non-hydrogen) atoms. The van der Waals surface area contributed by atoms with Crippen LogP contribution in [0.2, 0.25) is 0 Å². The van der Waals surface area contributed by atoms with E-state index in [2.05, 4.69) is 34.6 Å². The van der Waals surface area contributed by atoms with Crippen molar-refractivity contribution in [2.45, 2.75) is 44.9 Å². The molecule has 3 rings (SSSR count). The first-order chi connectivity index (χ1) is 9.75. The highest BCUT2D eigenvalue weighted by Gasteiger charge is 2.22. The molecule has 2 N–H and O–H groups in total. The molecule has 1 amide bonds. The van der Waals surface area contributed by atoms with E-state index in [1.54, 1.807) is 6.92 Å². The monoisotopic (exact) mass is 270 g/mol. The number of H-pyrrole nitrogens is 1. The smallest absolute Gasteiger partial charge is 0.216 e. The number of para-hydroxylation sites is 1. The molecule has 0 atom stereocenters. The van der Waals surface area contributed by atoms with Gasteiger partial charge in [-0.05, 0) is 36.8 Å². The van der Waals surface area contributed by atoms with E-state index in [4.69, 9.17) is 0 Å². The van der Waals surface area contributed by atoms with Gasteiger partial charge in [0.2, 0.25) is 5.91 Å². The summed E-state index contributed by atoms with van der Waals surface area (Å²) < 4.78 is 0. The van der Waals surface area contributed by atoms with Gasteiger partial charge in [0.15, 0.2) is 0 Å². The van der Waals surface area contributed by atoms with E-state index in [1.165, 1.54) is 47.8 Å². The predicted molar refractivity (Wildman–Crippen MR) is 81.9 cm³/mol. The highest BCUT2D eigenvalue weighted by Crippen LogP contribution is 2.38. The number of amides is 1. The molecule has 0 bridgehead atoms. The van der Waals surface area contributed by atoms with Crippen LogP contribution in [0, 0.1) is 0 Å². The van der Waals surface area contributed by atoms with E-state index in [-0.39, 0.29) is 5.91 Å². The van der Waals surface area contributed by atoms with Gasteiger partial charge in [-0.25, -0.2) is 0 Å². The van der Waals surface area contributed by atoms with Crippen molar-refractivity contribution >= 4 is 16.8 Å². The number of rotatable bonds is 4. The molecule has 2 aromatic rings. The number of hydrogen-bond acceptors (Lipinski definition) is 1. The third-order valence-electron chi connectivity index (χ3n) is 4.36. The van der Waals surface area contributed by atoms with Crippen LogP contribution < -0.4 is 5.32 Å². The summed E-state index contributed by atoms with van der Waals surface area (Å²) in [5, 5.41) is 4.23. The third kappa shape index (κ3) is 2.58. The van der Waals surface area contributed by atoms with Crippen LogP contribution in [-0.4, -0.2) is 17.4 Å². The molecule has 1 heterocycles. The summed E-state index contributed by atoms with van der Waals surface area (Å²) in [4.78, 5) is 14.7. The highest BCUT2D eigenvalue weighted by molar-refractivity contribution is 5.85. The van der Waals surface area contributed by atoms with Gasteiger partial charge in [-0.3, -0.25) is 4.79 Å². The molecule has 1 aliphatic carbocycles. The van der Waals surface area contributed by atoms with Crippen LogP contribution in [0.25, 0.3) is 10.9 Å². The summed E-state index contributed by atoms with van der Waals surface area (Å²) in [7, 11) is 0. The number of fused-ring (bicyclic) bond motifs is 1. The normalized spacial score (nSPS) is 15.8. The van der Waals surface area contributed by atoms with Crippen LogP contribution in [0.3, 0.4) is 0 Å². The average Bonchev–Trinajstić information content (AvgIpc) is 3.05. The lowest BCUT2D eigenvalue weighted by Crippen LogP contribution is -2.22. The zero-order chi connectivity index (χ0) is 13.9. The Hall–Kier alpha value is -1.77. The van der Waals surface area contributed by atoms with Crippen molar-refractivity contribution in [3.05, 3.63) is 35.5 Å². The summed E-state index contributed by atoms with van der Waals surface area (Å²) in [5.74, 6) is 0.724. The molecular weight excluding hydrogens is 248 g/mol. The Morgan fingerprint density at radius 1 is 1.30 bits per heavy atom. The number of aromatic amines is 1. The molecule has 0 aliphatic heterocycles. The summed E-state index contributed by atoms with van der Waals surface area (Å²) in [6, 6.07) is 8.51. The van der Waals surface area contributed by atoms with Crippen molar-refractivity contribution in [3.63, 3.8) is 0 Å². The third-order valence-corrected chi connectivity index (χ3v) is 4.36. The Balaban J connectivity index is 1.92. The largest absolute Gasteiger partial charge is 0.358 e. The standard InChI is InChI=1S/C17H22N2O/c1-12(20)18-11-10-15-14-8-4-5-9-16(14)19-17(15)13-6-2-3-7-13/h4-5,8-9,13,19H,2-3,6-7,10-11H2,1H3,(H,18,20). The fourth-order valence-electron chi connectivity index (χ4n) is 3.42. The van der Waals surface area contributed by atoms with Crippen molar-refractivity contribution in [3.8, 4) is 0 Å². The van der Waals surface area contributed by atoms with Crippen LogP contribution in [-0.2, 0) is 11.2 Å². The maximum atomic E-state index is 11.1. The quantitative estimate of drug-likeness (QED) is 0.877. The van der Waals surface area contributed by atoms with Crippen LogP contribution in [0.4, 0.5) is 0 Å². The minimum absolute atomic E-state index is 0.0484. The van der Waals surface area contributed by atoms with Crippen LogP contribution >= 0.6 is 0 Å². The first kappa shape index (κ1) is 13.2. The Labute approximate surface area is 119 Å². The number of aromatic nitrogens is 1. The van der Waals surface area contributed by atoms with Crippen molar-refractivity contribution in [2.75, 3.05) is 6.54 Å². The molecule has 1 saturated carbocycles. The van der Waals surface area contributed by atoms with Crippen LogP contribution in [0.1, 0.15) is 49.8 Å². The van der Waals surface area contributed by atoms with E-state index >= 15 is 0 Å². The Morgan fingerprint density at radius 2 is 2.05 bits per heavy atom. The van der Waals surface area contributed by atoms with Crippen molar-refractivity contribution in [2.24, 2.45) is 0 Å². The molecule has 1 aliphatic rings. The van der Waals surface area contributed by atoms with Gasteiger partial charge >= 0.3 is 0 Å². The van der Waals surface area contributed by atoms with E-state index in [9.17, 15) is 4.79 Å². The molecule has 1 fully saturated rings. The SMILES string of the molecule is CC(=O)NCCc1c(C2CCCC2)[nH]c2ccccc12. The molecule has 1 aromatic carbocycles. The molecule has 3 heteroatoms. The molecule has 3 nitrogen and oxygen atoms in total. The summed E-state index contributed by atoms with van der Waals surface area (Å²) >= 11 is 0. The van der Waals surface area contributed by atoms with Gasteiger partial charge in [-0.15, -0.1) is 0 Å². The zero-order valence-electron chi connectivity index (χ0n) is 12.0. The Morgan fingerprint density at radius 3 is 2.80 bits per heavy atom. The van der Waals surface area contributed by atoms with E-state index in [1.807, 2.05) is 0 Å². The van der Waals surface area contributed by atoms with Gasteiger partial charge in [0.25, 0.3) is 0 Å². The second-order valence-electron chi connectivity index (χ2n) is 5.78. The predicted octanol–water partition coefficient (Wildman–Crippen LogP) is 3.50. The molecule has 1 aromatic heterocycles. The maximum Gasteiger partial charge on any atom is 0.216 e. The first-order valence-corrected chi connectivity index (χ1v) is 7.59. The van der Waals surface area contributed by atoms with E-state index < -0.39 is 0 Å². The maximum absolute atomic E-state index is 11.1. The second-order valence-corrected chi connectivity index (χ2v) is 5.78. The molecule has 0 spiro atoms. The summed E-state index contributed by atoms with van der Waals surface area (Å²) in [5.41, 5.74) is 4.04. The first-order valence-electron chi connectivity index (χ1n) is 7.59. The number of benzene rings is 1. The van der Waals surface area contributed by atoms with Crippen molar-refractivity contribution in [1.29, 1.82) is 0 Å². The fourth-order valence-corrected chi connectivity index (χ4v) is 3.42. The number of carbonyl (C=O) groups is 1. The van der Waals surface area contributed by atoms with Gasteiger partial charge in [-0.2, -0.15) is 0 Å². The van der Waals surface area contributed by atoms with Gasteiger partial charge in [-0.1, -0.05) is 31.0 Å². The molecule has 0 saturated heterocycles. The summed E-state index contributed by atoms with van der Waals surface area (Å²) in [6.07, 6.45) is 6.17. The Kier molecular flexibility index (Phi) is 3.77. The molecule has 0 unspecified atom stereocenters. The fraction of sp³-hybridized carbons (Fsp3) is 0.471. The lowest BCUT2D eigenvalue weighted by Gasteiger charge is -2.11. The van der Waals surface area contributed by atoms with Gasteiger partial charge in [0, 0.05) is 30.1 Å². The van der Waals surface area contributed by atoms with Crippen LogP contribution in [0.5, 0.6) is 0 Å². The van der Waals surface area contributed by atoms with Crippen LogP contribution in [0.15, 0.2) is 24.3 Å². The highest BCUT2D eigenvalue weighted by atomic mass is 16.1. The Bertz CT molecular complexity index is 608. The number of nitrogens with one attached hydrogen (secondary N) is 2. The molecule has 0 radical (unpaired) electrons. The average molecular weight is 270 g/mol. The van der Waals surface area contributed by atoms with Gasteiger partial charge in [0.1, 0.15) is 0 Å². The molecule has 106 valence electrons. The zero-order valence-corrected chi connectivity index (χ0v) is 12.0. The summed E-state index contributed by atoms with van der Waals surface area (Å²) in [6.45, 7) is 2.30. The van der Waals surface area contributed by atoms with Gasteiger partial charge in [0.05, 0.1) is 0 Å². The minimum Gasteiger partial charge on any atom is -0.358 e. The minimum atomic E-state index is 0.0484. The number of carbonyl (C=O) groups excluding carboxylic acids is 1. The molecular formula is C17H22N2O. The van der Waals surface area contributed by atoms with Gasteiger partial charge < -0.3 is 10.3 Å². The van der Waals surface area contributed by atoms with Crippen molar-refractivity contribution < 1.29 is 4.79 Å². The lowest BCUT2D eigenvalue weighted by atomic mass is 9.97. The van der Waals surface area contributed by atoms with E-state index in [0.717, 1.165) is 13.0 Å². The van der Waals surface area contributed by atoms with Crippen molar-refractivity contribution in [1.82, 2.24) is 10.3 Å². The second kappa shape index (κ2) is 5.70. The topological polar surface area (TPSA) is 44.9 Å². The van der Waals surface area contributed by atoms with E-state index in [0.29, 0.717) is 5.92 Å². The number of hydrogen-bond donors (Lipinski definition) is 2.